The smallest absolute Gasteiger partial charge is 0.223 e. The van der Waals surface area contributed by atoms with Gasteiger partial charge in [-0.3, -0.25) is 9.36 Å². The number of aryl methyl sites for hydroxylation is 1. The Balaban J connectivity index is 1.32. The van der Waals surface area contributed by atoms with Crippen molar-refractivity contribution in [2.75, 3.05) is 26.3 Å². The summed E-state index contributed by atoms with van der Waals surface area (Å²) in [5, 5.41) is 0. The van der Waals surface area contributed by atoms with Crippen molar-refractivity contribution in [2.45, 2.75) is 32.0 Å². The van der Waals surface area contributed by atoms with Crippen LogP contribution in [0.15, 0.2) is 54.6 Å². The van der Waals surface area contributed by atoms with Crippen molar-refractivity contribution in [2.24, 2.45) is 5.92 Å². The maximum Gasteiger partial charge on any atom is 0.223 e. The molecule has 0 radical (unpaired) electrons. The van der Waals surface area contributed by atoms with Gasteiger partial charge < -0.3 is 14.4 Å². The van der Waals surface area contributed by atoms with Crippen molar-refractivity contribution in [1.82, 2.24) is 14.5 Å². The third-order valence-electron chi connectivity index (χ3n) is 6.05. The zero-order valence-corrected chi connectivity index (χ0v) is 17.1. The summed E-state index contributed by atoms with van der Waals surface area (Å²) in [5.41, 5.74) is 3.10. The number of carbonyl (C=O) groups is 1. The fraction of sp³-hybridized carbons (Fsp3) is 0.417. The van der Waals surface area contributed by atoms with E-state index < -0.39 is 0 Å². The average molecular weight is 405 g/mol. The summed E-state index contributed by atoms with van der Waals surface area (Å²) in [7, 11) is 0. The van der Waals surface area contributed by atoms with Crippen LogP contribution < -0.4 is 0 Å². The Morgan fingerprint density at radius 3 is 2.63 bits per heavy atom. The van der Waals surface area contributed by atoms with Crippen LogP contribution in [0.3, 0.4) is 0 Å². The Morgan fingerprint density at radius 1 is 1.03 bits per heavy atom. The molecule has 30 heavy (non-hydrogen) atoms. The predicted molar refractivity (Wildman–Crippen MR) is 114 cm³/mol. The molecule has 6 heteroatoms. The first-order valence-electron chi connectivity index (χ1n) is 10.8. The summed E-state index contributed by atoms with van der Waals surface area (Å²) >= 11 is 0. The van der Waals surface area contributed by atoms with E-state index >= 15 is 0 Å². The second-order valence-electron chi connectivity index (χ2n) is 8.04. The fourth-order valence-electron chi connectivity index (χ4n) is 4.59. The van der Waals surface area contributed by atoms with Gasteiger partial charge in [0.25, 0.3) is 0 Å². The zero-order valence-electron chi connectivity index (χ0n) is 17.1. The third-order valence-corrected chi connectivity index (χ3v) is 6.05. The van der Waals surface area contributed by atoms with Crippen molar-refractivity contribution >= 4 is 16.9 Å². The highest BCUT2D eigenvalue weighted by atomic mass is 16.7. The van der Waals surface area contributed by atoms with Crippen LogP contribution in [-0.2, 0) is 20.7 Å². The van der Waals surface area contributed by atoms with Crippen molar-refractivity contribution in [3.8, 4) is 5.69 Å². The van der Waals surface area contributed by atoms with E-state index in [4.69, 9.17) is 14.5 Å². The number of imidazole rings is 1. The Kier molecular flexibility index (Phi) is 5.51. The number of amides is 1. The monoisotopic (exact) mass is 405 g/mol. The van der Waals surface area contributed by atoms with E-state index in [9.17, 15) is 4.79 Å². The molecule has 0 spiro atoms. The minimum Gasteiger partial charge on any atom is -0.350 e. The number of hydrogen-bond donors (Lipinski definition) is 0. The first-order chi connectivity index (χ1) is 14.8. The van der Waals surface area contributed by atoms with Crippen LogP contribution in [0.25, 0.3) is 16.7 Å². The molecule has 1 unspecified atom stereocenters. The van der Waals surface area contributed by atoms with Gasteiger partial charge in [0.1, 0.15) is 5.82 Å². The Bertz CT molecular complexity index is 1010. The van der Waals surface area contributed by atoms with E-state index in [-0.39, 0.29) is 18.1 Å². The highest BCUT2D eigenvalue weighted by Crippen LogP contribution is 2.26. The minimum atomic E-state index is -0.150. The van der Waals surface area contributed by atoms with Gasteiger partial charge in [-0.15, -0.1) is 0 Å². The molecular weight excluding hydrogens is 378 g/mol. The molecule has 2 aliphatic rings. The van der Waals surface area contributed by atoms with E-state index in [0.29, 0.717) is 26.1 Å². The summed E-state index contributed by atoms with van der Waals surface area (Å²) in [6, 6.07) is 18.4. The summed E-state index contributed by atoms with van der Waals surface area (Å²) in [4.78, 5) is 19.8. The molecule has 1 amide bonds. The van der Waals surface area contributed by atoms with E-state index in [1.165, 1.54) is 0 Å². The van der Waals surface area contributed by atoms with Crippen molar-refractivity contribution < 1.29 is 14.3 Å². The van der Waals surface area contributed by atoms with Gasteiger partial charge in [-0.05, 0) is 37.1 Å². The average Bonchev–Trinajstić information content (AvgIpc) is 3.46. The van der Waals surface area contributed by atoms with E-state index in [0.717, 1.165) is 48.5 Å². The molecule has 0 saturated carbocycles. The molecule has 5 rings (SSSR count). The number of likely N-dealkylation sites (tertiary alicyclic amines) is 1. The molecule has 2 fully saturated rings. The molecule has 156 valence electrons. The van der Waals surface area contributed by atoms with Crippen molar-refractivity contribution in [3.63, 3.8) is 0 Å². The van der Waals surface area contributed by atoms with Crippen LogP contribution in [-0.4, -0.2) is 53.0 Å². The summed E-state index contributed by atoms with van der Waals surface area (Å²) < 4.78 is 13.5. The molecule has 0 N–H and O–H groups in total. The highest BCUT2D eigenvalue weighted by molar-refractivity contribution is 5.79. The maximum absolute atomic E-state index is 13.0. The quantitative estimate of drug-likeness (QED) is 0.651. The number of carbonyl (C=O) groups excluding carboxylic acids is 1. The topological polar surface area (TPSA) is 56.6 Å². The highest BCUT2D eigenvalue weighted by Gasteiger charge is 2.32. The molecule has 2 aliphatic heterocycles. The maximum atomic E-state index is 13.0. The number of hydrogen-bond acceptors (Lipinski definition) is 4. The van der Waals surface area contributed by atoms with Crippen LogP contribution in [0.2, 0.25) is 0 Å². The van der Waals surface area contributed by atoms with Gasteiger partial charge in [0.05, 0.1) is 24.2 Å². The molecule has 6 nitrogen and oxygen atoms in total. The largest absolute Gasteiger partial charge is 0.350 e. The van der Waals surface area contributed by atoms with Gasteiger partial charge in [0, 0.05) is 37.5 Å². The summed E-state index contributed by atoms with van der Waals surface area (Å²) in [5.74, 6) is 1.38. The lowest BCUT2D eigenvalue weighted by Crippen LogP contribution is -2.43. The number of nitrogens with zero attached hydrogens (tertiary/aromatic N) is 3. The number of rotatable bonds is 5. The normalized spacial score (nSPS) is 20.1. The summed E-state index contributed by atoms with van der Waals surface area (Å²) in [6.07, 6.45) is 2.97. The van der Waals surface area contributed by atoms with Gasteiger partial charge in [0.2, 0.25) is 5.91 Å². The van der Waals surface area contributed by atoms with Gasteiger partial charge in [-0.1, -0.05) is 30.3 Å². The van der Waals surface area contributed by atoms with Crippen LogP contribution in [0.5, 0.6) is 0 Å². The number of aromatic nitrogens is 2. The Hall–Kier alpha value is -2.70. The predicted octanol–water partition coefficient (Wildman–Crippen LogP) is 3.57. The Morgan fingerprint density at radius 2 is 1.80 bits per heavy atom. The molecule has 0 bridgehead atoms. The molecule has 3 heterocycles. The molecule has 1 atom stereocenters. The lowest BCUT2D eigenvalue weighted by atomic mass is 9.97. The number of para-hydroxylation sites is 3. The van der Waals surface area contributed by atoms with Crippen LogP contribution in [0.1, 0.15) is 25.1 Å². The first kappa shape index (κ1) is 19.3. The number of fused-ring (bicyclic) bond motifs is 1. The van der Waals surface area contributed by atoms with Gasteiger partial charge in [-0.2, -0.15) is 0 Å². The molecule has 2 saturated heterocycles. The van der Waals surface area contributed by atoms with Gasteiger partial charge >= 0.3 is 0 Å². The lowest BCUT2D eigenvalue weighted by molar-refractivity contribution is -0.139. The molecule has 0 aliphatic carbocycles. The SMILES string of the molecule is O=C(CCc1nc2ccccc2n1-c1ccccc1)N1CCCC(C2OCCO2)C1. The van der Waals surface area contributed by atoms with Gasteiger partial charge in [0.15, 0.2) is 6.29 Å². The number of piperidine rings is 1. The molecular formula is C24H27N3O3. The molecule has 1 aromatic heterocycles. The van der Waals surface area contributed by atoms with Crippen LogP contribution in [0, 0.1) is 5.92 Å². The molecule has 2 aromatic carbocycles. The third kappa shape index (κ3) is 3.85. The standard InChI is InChI=1S/C24H27N3O3/c28-23(26-14-6-7-18(17-26)24-29-15-16-30-24)13-12-22-25-20-10-4-5-11-21(20)27(22)19-8-2-1-3-9-19/h1-5,8-11,18,24H,6-7,12-17H2. The Labute approximate surface area is 176 Å². The fourth-order valence-corrected chi connectivity index (χ4v) is 4.59. The van der Waals surface area contributed by atoms with Crippen LogP contribution >= 0.6 is 0 Å². The zero-order chi connectivity index (χ0) is 20.3. The van der Waals surface area contributed by atoms with E-state index in [2.05, 4.69) is 22.8 Å². The number of benzene rings is 2. The van der Waals surface area contributed by atoms with Crippen molar-refractivity contribution in [3.05, 3.63) is 60.4 Å². The second-order valence-corrected chi connectivity index (χ2v) is 8.04. The second kappa shape index (κ2) is 8.58. The molecule has 3 aromatic rings. The summed E-state index contributed by atoms with van der Waals surface area (Å²) in [6.45, 7) is 2.85. The first-order valence-corrected chi connectivity index (χ1v) is 10.8. The lowest BCUT2D eigenvalue weighted by Gasteiger charge is -2.34. The van der Waals surface area contributed by atoms with E-state index in [1.807, 2.05) is 41.3 Å². The van der Waals surface area contributed by atoms with Crippen LogP contribution in [0.4, 0.5) is 0 Å². The minimum absolute atomic E-state index is 0.150. The van der Waals surface area contributed by atoms with Gasteiger partial charge in [-0.25, -0.2) is 4.98 Å². The number of ether oxygens (including phenoxy) is 2. The van der Waals surface area contributed by atoms with E-state index in [1.54, 1.807) is 0 Å². The van der Waals surface area contributed by atoms with Crippen molar-refractivity contribution in [1.29, 1.82) is 0 Å².